The van der Waals surface area contributed by atoms with Gasteiger partial charge < -0.3 is 4.74 Å². The van der Waals surface area contributed by atoms with E-state index in [2.05, 4.69) is 30.7 Å². The van der Waals surface area contributed by atoms with Crippen molar-refractivity contribution in [2.75, 3.05) is 0 Å². The van der Waals surface area contributed by atoms with E-state index in [-0.39, 0.29) is 5.75 Å². The molecule has 0 unspecified atom stereocenters. The molecule has 0 bridgehead atoms. The summed E-state index contributed by atoms with van der Waals surface area (Å²) in [4.78, 5) is 4.54. The molecule has 1 aliphatic carbocycles. The third-order valence-electron chi connectivity index (χ3n) is 4.77. The Morgan fingerprint density at radius 3 is 2.48 bits per heavy atom. The van der Waals surface area contributed by atoms with Gasteiger partial charge in [0.15, 0.2) is 5.82 Å². The van der Waals surface area contributed by atoms with E-state index in [1.165, 1.54) is 12.1 Å². The van der Waals surface area contributed by atoms with Gasteiger partial charge in [-0.25, -0.2) is 9.67 Å². The van der Waals surface area contributed by atoms with Gasteiger partial charge in [0, 0.05) is 15.1 Å². The fourth-order valence-electron chi connectivity index (χ4n) is 3.30. The third-order valence-corrected chi connectivity index (χ3v) is 5.80. The van der Waals surface area contributed by atoms with Crippen molar-refractivity contribution in [2.24, 2.45) is 0 Å². The van der Waals surface area contributed by atoms with Crippen LogP contribution in [0.5, 0.6) is 5.75 Å². The summed E-state index contributed by atoms with van der Waals surface area (Å²) in [5.41, 5.74) is 0.229. The minimum Gasteiger partial charge on any atom is -0.405 e. The maximum atomic E-state index is 12.9. The maximum Gasteiger partial charge on any atom is 0.573 e. The highest BCUT2D eigenvalue weighted by Gasteiger charge is 2.52. The van der Waals surface area contributed by atoms with Crippen LogP contribution in [0.2, 0.25) is 10.0 Å². The quantitative estimate of drug-likeness (QED) is 0.399. The van der Waals surface area contributed by atoms with Gasteiger partial charge in [-0.2, -0.15) is 5.10 Å². The van der Waals surface area contributed by atoms with Crippen LogP contribution in [-0.2, 0) is 5.41 Å². The molecule has 2 aromatic carbocycles. The number of aromatic nitrogens is 3. The molecular formula is C19H13BrCl2F3N3O. The summed E-state index contributed by atoms with van der Waals surface area (Å²) in [7, 11) is 0. The highest BCUT2D eigenvalue weighted by Crippen LogP contribution is 2.56. The second-order valence-electron chi connectivity index (χ2n) is 6.76. The fourth-order valence-corrected chi connectivity index (χ4v) is 4.15. The van der Waals surface area contributed by atoms with Gasteiger partial charge in [0.1, 0.15) is 11.6 Å². The molecule has 0 N–H and O–H groups in total. The average molecular weight is 507 g/mol. The second-order valence-corrected chi connectivity index (χ2v) is 8.52. The molecule has 0 aliphatic heterocycles. The number of alkyl halides is 3. The van der Waals surface area contributed by atoms with Gasteiger partial charge in [-0.1, -0.05) is 39.1 Å². The van der Waals surface area contributed by atoms with Crippen molar-refractivity contribution >= 4 is 39.1 Å². The lowest BCUT2D eigenvalue weighted by atomic mass is 9.94. The molecule has 0 radical (unpaired) electrons. The van der Waals surface area contributed by atoms with Gasteiger partial charge in [0.2, 0.25) is 0 Å². The topological polar surface area (TPSA) is 39.9 Å². The standard InChI is InChI=1S/C19H13BrCl2F3N3O/c1-10-26-17(27-28(10)15-4-3-12(21)9-14(15)22)18(6-7-18)13-8-11(20)2-5-16(13)29-19(23,24)25/h2-5,8-9H,6-7H2,1H3. The molecule has 152 valence electrons. The summed E-state index contributed by atoms with van der Waals surface area (Å²) in [6.45, 7) is 1.76. The number of halogens is 6. The Bertz CT molecular complexity index is 1100. The Morgan fingerprint density at radius 2 is 1.86 bits per heavy atom. The van der Waals surface area contributed by atoms with Crippen LogP contribution >= 0.6 is 39.1 Å². The van der Waals surface area contributed by atoms with Crippen LogP contribution in [0.4, 0.5) is 13.2 Å². The van der Waals surface area contributed by atoms with E-state index in [0.717, 1.165) is 0 Å². The number of aryl methyl sites for hydroxylation is 1. The SMILES string of the molecule is Cc1nc(C2(c3cc(Br)ccc3OC(F)(F)F)CC2)nn1-c1ccc(Cl)cc1Cl. The Hall–Kier alpha value is -1.77. The predicted molar refractivity (Wildman–Crippen MR) is 107 cm³/mol. The van der Waals surface area contributed by atoms with Crippen LogP contribution in [0.15, 0.2) is 40.9 Å². The molecule has 0 saturated heterocycles. The zero-order chi connectivity index (χ0) is 21.0. The van der Waals surface area contributed by atoms with E-state index < -0.39 is 11.8 Å². The highest BCUT2D eigenvalue weighted by molar-refractivity contribution is 9.10. The van der Waals surface area contributed by atoms with Crippen LogP contribution in [-0.4, -0.2) is 21.1 Å². The first-order chi connectivity index (χ1) is 13.6. The van der Waals surface area contributed by atoms with Crippen LogP contribution in [0.3, 0.4) is 0 Å². The van der Waals surface area contributed by atoms with Gasteiger partial charge in [0.25, 0.3) is 0 Å². The number of hydrogen-bond acceptors (Lipinski definition) is 3. The second kappa shape index (κ2) is 7.18. The van der Waals surface area contributed by atoms with E-state index in [1.807, 2.05) is 0 Å². The molecule has 4 nitrogen and oxygen atoms in total. The minimum absolute atomic E-state index is 0.253. The Balaban J connectivity index is 1.80. The molecule has 0 spiro atoms. The van der Waals surface area contributed by atoms with Crippen molar-refractivity contribution in [3.63, 3.8) is 0 Å². The molecule has 0 amide bonds. The largest absolute Gasteiger partial charge is 0.573 e. The summed E-state index contributed by atoms with van der Waals surface area (Å²) < 4.78 is 45.2. The van der Waals surface area contributed by atoms with E-state index >= 15 is 0 Å². The zero-order valence-electron chi connectivity index (χ0n) is 14.9. The van der Waals surface area contributed by atoms with E-state index in [1.54, 1.807) is 35.9 Å². The fraction of sp³-hybridized carbons (Fsp3) is 0.263. The number of rotatable bonds is 4. The number of nitrogens with zero attached hydrogens (tertiary/aromatic N) is 3. The Morgan fingerprint density at radius 1 is 1.14 bits per heavy atom. The van der Waals surface area contributed by atoms with Crippen molar-refractivity contribution in [2.45, 2.75) is 31.5 Å². The molecule has 4 rings (SSSR count). The molecule has 1 heterocycles. The first kappa shape index (κ1) is 20.5. The van der Waals surface area contributed by atoms with E-state index in [4.69, 9.17) is 23.2 Å². The number of hydrogen-bond donors (Lipinski definition) is 0. The first-order valence-electron chi connectivity index (χ1n) is 8.54. The van der Waals surface area contributed by atoms with Crippen LogP contribution < -0.4 is 4.74 Å². The molecule has 1 fully saturated rings. The van der Waals surface area contributed by atoms with Crippen molar-refractivity contribution < 1.29 is 17.9 Å². The number of benzene rings is 2. The van der Waals surface area contributed by atoms with Gasteiger partial charge in [-0.15, -0.1) is 13.2 Å². The summed E-state index contributed by atoms with van der Waals surface area (Å²) >= 11 is 15.6. The van der Waals surface area contributed by atoms with Crippen molar-refractivity contribution in [1.29, 1.82) is 0 Å². The van der Waals surface area contributed by atoms with Gasteiger partial charge >= 0.3 is 6.36 Å². The Labute approximate surface area is 182 Å². The van der Waals surface area contributed by atoms with Crippen LogP contribution in [0.1, 0.15) is 30.1 Å². The van der Waals surface area contributed by atoms with Gasteiger partial charge in [-0.3, -0.25) is 0 Å². The molecule has 10 heteroatoms. The molecule has 1 aliphatic rings. The summed E-state index contributed by atoms with van der Waals surface area (Å²) in [5.74, 6) is 0.728. The van der Waals surface area contributed by atoms with Gasteiger partial charge in [-0.05, 0) is 56.2 Å². The number of ether oxygens (including phenoxy) is 1. The lowest BCUT2D eigenvalue weighted by Gasteiger charge is -2.19. The highest BCUT2D eigenvalue weighted by atomic mass is 79.9. The predicted octanol–water partition coefficient (Wildman–Crippen LogP) is 6.62. The van der Waals surface area contributed by atoms with E-state index in [9.17, 15) is 13.2 Å². The Kier molecular flexibility index (Phi) is 5.07. The van der Waals surface area contributed by atoms with Crippen molar-refractivity contribution in [3.05, 3.63) is 68.1 Å². The normalized spacial score (nSPS) is 15.4. The summed E-state index contributed by atoms with van der Waals surface area (Å²) in [5, 5.41) is 5.45. The molecule has 0 atom stereocenters. The monoisotopic (exact) mass is 505 g/mol. The molecular weight excluding hydrogens is 494 g/mol. The molecule has 1 saturated carbocycles. The average Bonchev–Trinajstić information content (AvgIpc) is 3.33. The third kappa shape index (κ3) is 3.98. The van der Waals surface area contributed by atoms with Crippen molar-refractivity contribution in [3.8, 4) is 11.4 Å². The minimum atomic E-state index is -4.79. The van der Waals surface area contributed by atoms with E-state index in [0.29, 0.717) is 50.3 Å². The first-order valence-corrected chi connectivity index (χ1v) is 10.1. The lowest BCUT2D eigenvalue weighted by molar-refractivity contribution is -0.275. The van der Waals surface area contributed by atoms with Gasteiger partial charge in [0.05, 0.1) is 16.1 Å². The smallest absolute Gasteiger partial charge is 0.405 e. The lowest BCUT2D eigenvalue weighted by Crippen LogP contribution is -2.21. The summed E-state index contributed by atoms with van der Waals surface area (Å²) in [6.07, 6.45) is -3.58. The maximum absolute atomic E-state index is 12.9. The van der Waals surface area contributed by atoms with Crippen LogP contribution in [0.25, 0.3) is 5.69 Å². The summed E-state index contributed by atoms with van der Waals surface area (Å²) in [6, 6.07) is 9.42. The van der Waals surface area contributed by atoms with Crippen molar-refractivity contribution in [1.82, 2.24) is 14.8 Å². The molecule has 29 heavy (non-hydrogen) atoms. The molecule has 1 aromatic heterocycles. The zero-order valence-corrected chi connectivity index (χ0v) is 18.0. The molecule has 3 aromatic rings. The van der Waals surface area contributed by atoms with Crippen LogP contribution in [0, 0.1) is 6.92 Å².